The van der Waals surface area contributed by atoms with Crippen LogP contribution in [0.3, 0.4) is 0 Å². The summed E-state index contributed by atoms with van der Waals surface area (Å²) in [5.74, 6) is 1.85. The predicted octanol–water partition coefficient (Wildman–Crippen LogP) is 3.03. The normalized spacial score (nSPS) is 23.5. The maximum atomic E-state index is 11.5. The molecule has 9 heteroatoms. The maximum absolute atomic E-state index is 11.5. The Morgan fingerprint density at radius 2 is 1.86 bits per heavy atom. The van der Waals surface area contributed by atoms with E-state index in [9.17, 15) is 4.79 Å². The van der Waals surface area contributed by atoms with Crippen LogP contribution in [0.4, 0.5) is 11.8 Å². The van der Waals surface area contributed by atoms with Crippen molar-refractivity contribution < 1.29 is 4.79 Å². The molecule has 2 aliphatic rings. The number of anilines is 2. The van der Waals surface area contributed by atoms with Gasteiger partial charge in [-0.1, -0.05) is 36.0 Å². The molecule has 1 aromatic heterocycles. The summed E-state index contributed by atoms with van der Waals surface area (Å²) in [6.45, 7) is 6.32. The van der Waals surface area contributed by atoms with Crippen molar-refractivity contribution in [2.75, 3.05) is 50.0 Å². The Labute approximate surface area is 177 Å². The van der Waals surface area contributed by atoms with Crippen LogP contribution in [0.1, 0.15) is 39.0 Å². The first kappa shape index (κ1) is 21.4. The summed E-state index contributed by atoms with van der Waals surface area (Å²) in [5.41, 5.74) is 0. The Hall–Kier alpha value is -1.31. The van der Waals surface area contributed by atoms with Gasteiger partial charge in [-0.25, -0.2) is 0 Å². The van der Waals surface area contributed by atoms with E-state index in [0.717, 1.165) is 45.6 Å². The van der Waals surface area contributed by atoms with E-state index in [1.807, 2.05) is 0 Å². The lowest BCUT2D eigenvalue weighted by atomic mass is 9.82. The third-order valence-corrected chi connectivity index (χ3v) is 6.52. The van der Waals surface area contributed by atoms with Crippen LogP contribution in [-0.4, -0.2) is 66.6 Å². The topological polar surface area (TPSA) is 73.4 Å². The summed E-state index contributed by atoms with van der Waals surface area (Å²) >= 11 is 12.5. The molecule has 1 saturated carbocycles. The maximum Gasteiger partial charge on any atom is 0.225 e. The Morgan fingerprint density at radius 1 is 1.14 bits per heavy atom. The zero-order chi connectivity index (χ0) is 20.1. The van der Waals surface area contributed by atoms with Crippen molar-refractivity contribution >= 4 is 40.9 Å². The first-order valence-corrected chi connectivity index (χ1v) is 10.9. The first-order chi connectivity index (χ1) is 13.5. The molecular formula is C19H30Cl2N6O. The molecule has 1 aliphatic carbocycles. The number of aromatic nitrogens is 2. The van der Waals surface area contributed by atoms with Crippen molar-refractivity contribution in [1.29, 1.82) is 0 Å². The fourth-order valence-corrected chi connectivity index (χ4v) is 4.63. The number of nitrogens with zero attached hydrogens (tertiary/aromatic N) is 4. The highest BCUT2D eigenvalue weighted by Gasteiger charge is 2.27. The van der Waals surface area contributed by atoms with E-state index in [-0.39, 0.29) is 11.1 Å². The average Bonchev–Trinajstić information content (AvgIpc) is 2.69. The first-order valence-electron chi connectivity index (χ1n) is 10.1. The van der Waals surface area contributed by atoms with Crippen molar-refractivity contribution in [2.45, 2.75) is 45.1 Å². The molecule has 0 radical (unpaired) electrons. The number of nitrogens with one attached hydrogen (secondary N) is 2. The summed E-state index contributed by atoms with van der Waals surface area (Å²) in [4.78, 5) is 24.7. The van der Waals surface area contributed by atoms with Gasteiger partial charge in [-0.15, -0.1) is 0 Å². The molecule has 2 N–H and O–H groups in total. The van der Waals surface area contributed by atoms with Gasteiger partial charge in [0, 0.05) is 46.2 Å². The highest BCUT2D eigenvalue weighted by atomic mass is 35.5. The molecule has 156 valence electrons. The molecule has 1 amide bonds. The summed E-state index contributed by atoms with van der Waals surface area (Å²) < 4.78 is 0. The molecule has 3 rings (SSSR count). The molecule has 2 fully saturated rings. The summed E-state index contributed by atoms with van der Waals surface area (Å²) in [5, 5.41) is 6.77. The van der Waals surface area contributed by atoms with Crippen molar-refractivity contribution in [2.24, 2.45) is 5.92 Å². The quantitative estimate of drug-likeness (QED) is 0.678. The highest BCUT2D eigenvalue weighted by Crippen LogP contribution is 2.32. The fraction of sp³-hybridized carbons (Fsp3) is 0.737. The van der Waals surface area contributed by atoms with Gasteiger partial charge in [-0.3, -0.25) is 9.69 Å². The van der Waals surface area contributed by atoms with Crippen LogP contribution in [0.2, 0.25) is 10.2 Å². The van der Waals surface area contributed by atoms with Gasteiger partial charge >= 0.3 is 0 Å². The number of carbonyl (C=O) groups excluding carboxylic acids is 1. The third-order valence-electron chi connectivity index (χ3n) is 5.80. The molecule has 1 saturated heterocycles. The van der Waals surface area contributed by atoms with E-state index < -0.39 is 0 Å². The lowest BCUT2D eigenvalue weighted by molar-refractivity contribution is -0.120. The van der Waals surface area contributed by atoms with Gasteiger partial charge in [0.25, 0.3) is 0 Å². The Morgan fingerprint density at radius 3 is 2.54 bits per heavy atom. The van der Waals surface area contributed by atoms with Crippen LogP contribution in [0.15, 0.2) is 0 Å². The predicted molar refractivity (Wildman–Crippen MR) is 114 cm³/mol. The monoisotopic (exact) mass is 428 g/mol. The van der Waals surface area contributed by atoms with Gasteiger partial charge in [0.05, 0.1) is 0 Å². The van der Waals surface area contributed by atoms with Crippen molar-refractivity contribution in [3.05, 3.63) is 10.2 Å². The number of hydrogen-bond donors (Lipinski definition) is 2. The van der Waals surface area contributed by atoms with Crippen molar-refractivity contribution in [1.82, 2.24) is 20.2 Å². The molecule has 2 atom stereocenters. The Kier molecular flexibility index (Phi) is 7.60. The second-order valence-electron chi connectivity index (χ2n) is 7.69. The van der Waals surface area contributed by atoms with E-state index >= 15 is 0 Å². The molecule has 0 unspecified atom stereocenters. The zero-order valence-electron chi connectivity index (χ0n) is 16.7. The van der Waals surface area contributed by atoms with Crippen LogP contribution in [0, 0.1) is 5.92 Å². The number of rotatable bonds is 6. The Balaban J connectivity index is 1.52. The van der Waals surface area contributed by atoms with Crippen LogP contribution in [-0.2, 0) is 4.79 Å². The second kappa shape index (κ2) is 9.94. The average molecular weight is 429 g/mol. The number of halogens is 2. The Bertz CT molecular complexity index is 681. The van der Waals surface area contributed by atoms with Gasteiger partial charge < -0.3 is 15.5 Å². The molecule has 28 heavy (non-hydrogen) atoms. The summed E-state index contributed by atoms with van der Waals surface area (Å²) in [6, 6.07) is 0.342. The van der Waals surface area contributed by atoms with Gasteiger partial charge in [-0.05, 0) is 31.7 Å². The van der Waals surface area contributed by atoms with Gasteiger partial charge in [0.15, 0.2) is 11.0 Å². The van der Waals surface area contributed by atoms with Crippen LogP contribution in [0.25, 0.3) is 0 Å². The second-order valence-corrected chi connectivity index (χ2v) is 8.43. The molecule has 0 spiro atoms. The molecule has 1 aromatic rings. The minimum atomic E-state index is 0.0897. The molecule has 2 heterocycles. The molecule has 0 bridgehead atoms. The highest BCUT2D eigenvalue weighted by molar-refractivity contribution is 6.42. The fourth-order valence-electron chi connectivity index (χ4n) is 4.27. The van der Waals surface area contributed by atoms with Crippen LogP contribution >= 0.6 is 23.2 Å². The van der Waals surface area contributed by atoms with E-state index in [0.29, 0.717) is 28.7 Å². The lowest BCUT2D eigenvalue weighted by Crippen LogP contribution is -2.48. The molecule has 7 nitrogen and oxygen atoms in total. The number of piperazine rings is 1. The third kappa shape index (κ3) is 5.39. The van der Waals surface area contributed by atoms with Crippen LogP contribution in [0.5, 0.6) is 0 Å². The molecule has 0 aromatic carbocycles. The number of hydrogen-bond acceptors (Lipinski definition) is 6. The van der Waals surface area contributed by atoms with Crippen molar-refractivity contribution in [3.8, 4) is 0 Å². The zero-order valence-corrected chi connectivity index (χ0v) is 18.2. The van der Waals surface area contributed by atoms with Gasteiger partial charge in [0.2, 0.25) is 11.9 Å². The van der Waals surface area contributed by atoms with E-state index in [1.54, 1.807) is 14.0 Å². The number of carbonyl (C=O) groups is 1. The van der Waals surface area contributed by atoms with E-state index in [1.165, 1.54) is 19.3 Å². The largest absolute Gasteiger partial charge is 0.357 e. The van der Waals surface area contributed by atoms with E-state index in [4.69, 9.17) is 23.2 Å². The minimum absolute atomic E-state index is 0.0897. The minimum Gasteiger partial charge on any atom is -0.357 e. The molecule has 1 aliphatic heterocycles. The summed E-state index contributed by atoms with van der Waals surface area (Å²) in [7, 11) is 1.76. The van der Waals surface area contributed by atoms with Crippen molar-refractivity contribution in [3.63, 3.8) is 0 Å². The number of amides is 1. The van der Waals surface area contributed by atoms with E-state index in [2.05, 4.69) is 30.4 Å². The lowest BCUT2D eigenvalue weighted by Gasteiger charge is -2.38. The van der Waals surface area contributed by atoms with Gasteiger partial charge in [-0.2, -0.15) is 9.97 Å². The standard InChI is InChI=1S/C19H30Cl2N6O/c1-13(28)23-15-6-4-3-5-14(15)7-8-26-9-11-27(12-10-26)18-16(20)17(21)24-19(22-2)25-18/h14-15H,3-12H2,1-2H3,(H,23,28)(H,22,24,25)/t14-,15+/m0/s1. The smallest absolute Gasteiger partial charge is 0.225 e. The SMILES string of the molecule is CNc1nc(Cl)c(Cl)c(N2CCN(CC[C@@H]3CCCC[C@H]3NC(C)=O)CC2)n1. The van der Waals surface area contributed by atoms with Gasteiger partial charge in [0.1, 0.15) is 5.02 Å². The molecular weight excluding hydrogens is 399 g/mol. The summed E-state index contributed by atoms with van der Waals surface area (Å²) in [6.07, 6.45) is 5.95. The van der Waals surface area contributed by atoms with Crippen LogP contribution < -0.4 is 15.5 Å².